The first-order valence-corrected chi connectivity index (χ1v) is 5.58. The highest BCUT2D eigenvalue weighted by molar-refractivity contribution is 7.11. The van der Waals surface area contributed by atoms with Crippen LogP contribution in [-0.2, 0) is 6.54 Å². The highest BCUT2D eigenvalue weighted by Gasteiger charge is 1.96. The van der Waals surface area contributed by atoms with Gasteiger partial charge in [-0.2, -0.15) is 0 Å². The summed E-state index contributed by atoms with van der Waals surface area (Å²) in [7, 11) is 0. The summed E-state index contributed by atoms with van der Waals surface area (Å²) in [6.07, 6.45) is 3.80. The van der Waals surface area contributed by atoms with Crippen molar-refractivity contribution in [2.45, 2.75) is 13.5 Å². The molecular weight excluding hydrogens is 194 g/mol. The van der Waals surface area contributed by atoms with Crippen molar-refractivity contribution in [3.05, 3.63) is 28.7 Å². The number of hydrogen-bond donors (Lipinski definition) is 2. The molecule has 1 rings (SSSR count). The van der Waals surface area contributed by atoms with Gasteiger partial charge in [0.25, 0.3) is 0 Å². The Labute approximate surface area is 89.3 Å². The van der Waals surface area contributed by atoms with Crippen LogP contribution in [0.2, 0.25) is 0 Å². The molecule has 0 fully saturated rings. The molecule has 3 nitrogen and oxygen atoms in total. The topological polar surface area (TPSA) is 37.0 Å². The summed E-state index contributed by atoms with van der Waals surface area (Å²) in [5, 5.41) is 7.71. The monoisotopic (exact) mass is 211 g/mol. The van der Waals surface area contributed by atoms with Crippen LogP contribution in [0.25, 0.3) is 0 Å². The van der Waals surface area contributed by atoms with Crippen LogP contribution in [0.4, 0.5) is 0 Å². The van der Waals surface area contributed by atoms with Gasteiger partial charge in [0.05, 0.1) is 5.01 Å². The van der Waals surface area contributed by atoms with Crippen LogP contribution in [0.5, 0.6) is 0 Å². The molecule has 4 heteroatoms. The Hall–Kier alpha value is -0.710. The molecule has 14 heavy (non-hydrogen) atoms. The lowest BCUT2D eigenvalue weighted by molar-refractivity contribution is 0.639. The van der Waals surface area contributed by atoms with Crippen LogP contribution >= 0.6 is 11.3 Å². The van der Waals surface area contributed by atoms with E-state index in [0.29, 0.717) is 0 Å². The van der Waals surface area contributed by atoms with E-state index in [1.54, 1.807) is 11.3 Å². The number of thiazole rings is 1. The summed E-state index contributed by atoms with van der Waals surface area (Å²) in [4.78, 5) is 5.49. The van der Waals surface area contributed by atoms with Gasteiger partial charge in [0.1, 0.15) is 0 Å². The summed E-state index contributed by atoms with van der Waals surface area (Å²) >= 11 is 1.75. The fourth-order valence-corrected chi connectivity index (χ4v) is 1.84. The van der Waals surface area contributed by atoms with Crippen LogP contribution < -0.4 is 10.6 Å². The maximum atomic E-state index is 4.19. The van der Waals surface area contributed by atoms with Gasteiger partial charge in [0.15, 0.2) is 0 Å². The second-order valence-electron chi connectivity index (χ2n) is 3.02. The molecule has 0 atom stereocenters. The zero-order valence-corrected chi connectivity index (χ0v) is 9.36. The molecular formula is C10H17N3S. The van der Waals surface area contributed by atoms with Crippen LogP contribution in [0.3, 0.4) is 0 Å². The van der Waals surface area contributed by atoms with Crippen molar-refractivity contribution >= 4 is 11.3 Å². The summed E-state index contributed by atoms with van der Waals surface area (Å²) in [5.41, 5.74) is 0. The average molecular weight is 211 g/mol. The fourth-order valence-electron chi connectivity index (χ4n) is 1.08. The first-order valence-electron chi connectivity index (χ1n) is 4.76. The lowest BCUT2D eigenvalue weighted by atomic mass is 10.5. The van der Waals surface area contributed by atoms with Crippen LogP contribution in [0, 0.1) is 6.92 Å². The van der Waals surface area contributed by atoms with E-state index in [4.69, 9.17) is 0 Å². The second kappa shape index (κ2) is 6.70. The molecule has 0 bridgehead atoms. The molecule has 0 saturated heterocycles. The van der Waals surface area contributed by atoms with Crippen molar-refractivity contribution < 1.29 is 0 Å². The van der Waals surface area contributed by atoms with Crippen molar-refractivity contribution in [2.75, 3.05) is 19.6 Å². The number of nitrogens with one attached hydrogen (secondary N) is 2. The van der Waals surface area contributed by atoms with Crippen LogP contribution in [-0.4, -0.2) is 24.6 Å². The summed E-state index contributed by atoms with van der Waals surface area (Å²) in [6.45, 7) is 9.41. The molecule has 1 aromatic rings. The lowest BCUT2D eigenvalue weighted by Crippen LogP contribution is -2.26. The van der Waals surface area contributed by atoms with E-state index in [2.05, 4.69) is 22.2 Å². The number of aromatic nitrogens is 1. The molecule has 0 unspecified atom stereocenters. The standard InChI is InChI=1S/C10H17N3S/c1-3-4-11-5-6-12-7-10-8-13-9(2)14-10/h3,8,11-12H,1,4-7H2,2H3. The molecule has 0 saturated carbocycles. The van der Waals surface area contributed by atoms with E-state index < -0.39 is 0 Å². The molecule has 2 N–H and O–H groups in total. The first-order chi connectivity index (χ1) is 6.83. The number of nitrogens with zero attached hydrogens (tertiary/aromatic N) is 1. The van der Waals surface area contributed by atoms with Crippen molar-refractivity contribution in [1.29, 1.82) is 0 Å². The molecule has 1 heterocycles. The van der Waals surface area contributed by atoms with Gasteiger partial charge in [-0.05, 0) is 6.92 Å². The highest BCUT2D eigenvalue weighted by atomic mass is 32.1. The van der Waals surface area contributed by atoms with Crippen molar-refractivity contribution in [2.24, 2.45) is 0 Å². The molecule has 0 amide bonds. The van der Waals surface area contributed by atoms with Gasteiger partial charge in [-0.1, -0.05) is 6.08 Å². The largest absolute Gasteiger partial charge is 0.312 e. The maximum Gasteiger partial charge on any atom is 0.0897 e. The van der Waals surface area contributed by atoms with Crippen LogP contribution in [0.1, 0.15) is 9.88 Å². The van der Waals surface area contributed by atoms with Gasteiger partial charge in [-0.15, -0.1) is 17.9 Å². The number of rotatable bonds is 7. The third-order valence-corrected chi connectivity index (χ3v) is 2.65. The molecule has 0 radical (unpaired) electrons. The third-order valence-electron chi connectivity index (χ3n) is 1.74. The second-order valence-corrected chi connectivity index (χ2v) is 4.33. The van der Waals surface area contributed by atoms with E-state index in [0.717, 1.165) is 31.2 Å². The van der Waals surface area contributed by atoms with E-state index in [9.17, 15) is 0 Å². The highest BCUT2D eigenvalue weighted by Crippen LogP contribution is 2.10. The number of hydrogen-bond acceptors (Lipinski definition) is 4. The molecule has 0 aromatic carbocycles. The maximum absolute atomic E-state index is 4.19. The van der Waals surface area contributed by atoms with E-state index in [1.165, 1.54) is 4.88 Å². The minimum Gasteiger partial charge on any atom is -0.312 e. The van der Waals surface area contributed by atoms with Gasteiger partial charge in [0.2, 0.25) is 0 Å². The zero-order valence-electron chi connectivity index (χ0n) is 8.55. The molecule has 1 aromatic heterocycles. The predicted molar refractivity (Wildman–Crippen MR) is 61.6 cm³/mol. The zero-order chi connectivity index (χ0) is 10.2. The van der Waals surface area contributed by atoms with Gasteiger partial charge in [-0.25, -0.2) is 4.98 Å². The summed E-state index contributed by atoms with van der Waals surface area (Å²) in [6, 6.07) is 0. The Morgan fingerprint density at radius 1 is 1.50 bits per heavy atom. The van der Waals surface area contributed by atoms with E-state index in [1.807, 2.05) is 19.2 Å². The van der Waals surface area contributed by atoms with Gasteiger partial charge in [-0.3, -0.25) is 0 Å². The molecule has 0 aliphatic heterocycles. The van der Waals surface area contributed by atoms with Gasteiger partial charge < -0.3 is 10.6 Å². The molecule has 0 aliphatic carbocycles. The predicted octanol–water partition coefficient (Wildman–Crippen LogP) is 1.32. The third kappa shape index (κ3) is 4.50. The fraction of sp³-hybridized carbons (Fsp3) is 0.500. The summed E-state index contributed by atoms with van der Waals surface area (Å²) in [5.74, 6) is 0. The minimum absolute atomic E-state index is 0.876. The first kappa shape index (κ1) is 11.4. The lowest BCUT2D eigenvalue weighted by Gasteiger charge is -2.02. The SMILES string of the molecule is C=CCNCCNCc1cnc(C)s1. The molecule has 0 spiro atoms. The normalized spacial score (nSPS) is 10.4. The van der Waals surface area contributed by atoms with E-state index >= 15 is 0 Å². The quantitative estimate of drug-likeness (QED) is 0.527. The van der Waals surface area contributed by atoms with Gasteiger partial charge in [0, 0.05) is 37.3 Å². The smallest absolute Gasteiger partial charge is 0.0897 e. The minimum atomic E-state index is 0.876. The Kier molecular flexibility index (Phi) is 5.44. The van der Waals surface area contributed by atoms with Gasteiger partial charge >= 0.3 is 0 Å². The Bertz CT molecular complexity index is 270. The molecule has 78 valence electrons. The van der Waals surface area contributed by atoms with E-state index in [-0.39, 0.29) is 0 Å². The molecule has 0 aliphatic rings. The van der Waals surface area contributed by atoms with Crippen molar-refractivity contribution in [3.8, 4) is 0 Å². The number of aryl methyl sites for hydroxylation is 1. The Balaban J connectivity index is 2.01. The summed E-state index contributed by atoms with van der Waals surface area (Å²) < 4.78 is 0. The van der Waals surface area contributed by atoms with Crippen LogP contribution in [0.15, 0.2) is 18.9 Å². The average Bonchev–Trinajstić information content (AvgIpc) is 2.58. The Morgan fingerprint density at radius 3 is 2.93 bits per heavy atom. The Morgan fingerprint density at radius 2 is 2.29 bits per heavy atom. The van der Waals surface area contributed by atoms with Crippen molar-refractivity contribution in [1.82, 2.24) is 15.6 Å². The van der Waals surface area contributed by atoms with Crippen molar-refractivity contribution in [3.63, 3.8) is 0 Å².